The van der Waals surface area contributed by atoms with Gasteiger partial charge in [-0.25, -0.2) is 9.97 Å². The van der Waals surface area contributed by atoms with Crippen molar-refractivity contribution in [3.63, 3.8) is 0 Å². The SMILES string of the molecule is N=C(/C(=C1\NC(c2ccccc2)=Cc2ccccc21)c1ccccc1)c1ccc(-c2nc(-c3ccccc3)cc(-c3cccc(-n4c5ccccc5c5ccccc54)c3)n2)cc1. The van der Waals surface area contributed by atoms with E-state index in [9.17, 15) is 5.41 Å². The topological polar surface area (TPSA) is 66.6 Å². The predicted octanol–water partition coefficient (Wildman–Crippen LogP) is 13.6. The van der Waals surface area contributed by atoms with Crippen LogP contribution in [0.25, 0.3) is 84.4 Å². The van der Waals surface area contributed by atoms with Crippen LogP contribution in [0.5, 0.6) is 0 Å². The van der Waals surface area contributed by atoms with Gasteiger partial charge in [0.25, 0.3) is 0 Å². The van der Waals surface area contributed by atoms with Gasteiger partial charge in [0.2, 0.25) is 0 Å². The molecule has 5 nitrogen and oxygen atoms in total. The van der Waals surface area contributed by atoms with Crippen LogP contribution in [0.15, 0.2) is 218 Å². The van der Waals surface area contributed by atoms with Crippen LogP contribution in [0, 0.1) is 5.41 Å². The highest BCUT2D eigenvalue weighted by atomic mass is 15.0. The van der Waals surface area contributed by atoms with Crippen LogP contribution >= 0.6 is 0 Å². The second-order valence-electron chi connectivity index (χ2n) is 15.5. The fourth-order valence-electron chi connectivity index (χ4n) is 8.65. The molecule has 11 rings (SSSR count). The summed E-state index contributed by atoms with van der Waals surface area (Å²) in [4.78, 5) is 10.4. The highest BCUT2D eigenvalue weighted by molar-refractivity contribution is 6.36. The van der Waals surface area contributed by atoms with Crippen LogP contribution in [0.4, 0.5) is 0 Å². The van der Waals surface area contributed by atoms with Gasteiger partial charge in [-0.1, -0.05) is 188 Å². The zero-order valence-electron chi connectivity index (χ0n) is 33.7. The molecule has 2 N–H and O–H groups in total. The summed E-state index contributed by atoms with van der Waals surface area (Å²) in [6, 6.07) is 75.2. The van der Waals surface area contributed by atoms with Gasteiger partial charge in [-0.15, -0.1) is 0 Å². The maximum absolute atomic E-state index is 9.87. The summed E-state index contributed by atoms with van der Waals surface area (Å²) in [6.07, 6.45) is 2.19. The van der Waals surface area contributed by atoms with Gasteiger partial charge in [-0.2, -0.15) is 0 Å². The van der Waals surface area contributed by atoms with Crippen LogP contribution in [-0.4, -0.2) is 20.2 Å². The van der Waals surface area contributed by atoms with E-state index < -0.39 is 0 Å². The van der Waals surface area contributed by atoms with Gasteiger partial charge in [-0.05, 0) is 53.1 Å². The molecule has 292 valence electrons. The third-order valence-electron chi connectivity index (χ3n) is 11.6. The van der Waals surface area contributed by atoms with Crippen molar-refractivity contribution in [1.29, 1.82) is 5.41 Å². The molecule has 0 amide bonds. The summed E-state index contributed by atoms with van der Waals surface area (Å²) >= 11 is 0. The maximum Gasteiger partial charge on any atom is 0.160 e. The van der Waals surface area contributed by atoms with Crippen LogP contribution in [0.3, 0.4) is 0 Å². The lowest BCUT2D eigenvalue weighted by atomic mass is 9.88. The Morgan fingerprint density at radius 2 is 1.02 bits per heavy atom. The standard InChI is InChI=1S/C57H39N5/c58-55(54(40-21-8-3-9-22-40)56-46-26-11-10-23-43(46)36-49(59-56)38-17-4-1-5-18-38)41-31-33-42(34-32-41)57-60-50(39-19-6-2-7-20-39)37-51(61-57)44-24-16-25-45(35-44)62-52-29-14-12-27-47(52)48-28-13-15-30-53(48)62/h1-37,58-59H/b56-54-,58-55?. The number of aromatic nitrogens is 3. The average Bonchev–Trinajstić information content (AvgIpc) is 3.69. The lowest BCUT2D eigenvalue weighted by Gasteiger charge is -2.26. The molecular weight excluding hydrogens is 755 g/mol. The lowest BCUT2D eigenvalue weighted by molar-refractivity contribution is 1.16. The Labute approximate surface area is 360 Å². The summed E-state index contributed by atoms with van der Waals surface area (Å²) < 4.78 is 2.33. The smallest absolute Gasteiger partial charge is 0.160 e. The number of hydrogen-bond acceptors (Lipinski definition) is 4. The number of nitrogens with one attached hydrogen (secondary N) is 2. The molecule has 0 fully saturated rings. The molecule has 0 radical (unpaired) electrons. The molecule has 0 atom stereocenters. The van der Waals surface area contributed by atoms with Gasteiger partial charge < -0.3 is 9.88 Å². The van der Waals surface area contributed by atoms with Crippen molar-refractivity contribution in [3.05, 3.63) is 246 Å². The average molecular weight is 794 g/mol. The molecule has 0 bridgehead atoms. The van der Waals surface area contributed by atoms with E-state index in [4.69, 9.17) is 9.97 Å². The number of para-hydroxylation sites is 2. The van der Waals surface area contributed by atoms with E-state index in [1.807, 2.05) is 66.7 Å². The summed E-state index contributed by atoms with van der Waals surface area (Å²) in [5.41, 5.74) is 16.0. The van der Waals surface area contributed by atoms with Crippen molar-refractivity contribution in [2.45, 2.75) is 0 Å². The normalized spacial score (nSPS) is 13.0. The third-order valence-corrected chi connectivity index (χ3v) is 11.6. The molecule has 2 aromatic heterocycles. The molecule has 0 unspecified atom stereocenters. The van der Waals surface area contributed by atoms with E-state index in [0.29, 0.717) is 11.5 Å². The van der Waals surface area contributed by atoms with Gasteiger partial charge in [0, 0.05) is 55.5 Å². The first-order valence-electron chi connectivity index (χ1n) is 20.8. The largest absolute Gasteiger partial charge is 0.354 e. The molecule has 1 aliphatic heterocycles. The summed E-state index contributed by atoms with van der Waals surface area (Å²) in [5, 5.41) is 16.1. The molecular formula is C57H39N5. The van der Waals surface area contributed by atoms with Crippen LogP contribution in [-0.2, 0) is 0 Å². The molecule has 0 saturated heterocycles. The van der Waals surface area contributed by atoms with Crippen molar-refractivity contribution >= 4 is 50.6 Å². The molecule has 0 saturated carbocycles. The zero-order chi connectivity index (χ0) is 41.4. The van der Waals surface area contributed by atoms with E-state index in [-0.39, 0.29) is 0 Å². The Balaban J connectivity index is 1.00. The van der Waals surface area contributed by atoms with Crippen molar-refractivity contribution in [1.82, 2.24) is 19.9 Å². The third kappa shape index (κ3) is 6.68. The summed E-state index contributed by atoms with van der Waals surface area (Å²) in [7, 11) is 0. The van der Waals surface area contributed by atoms with Gasteiger partial charge in [-0.3, -0.25) is 5.41 Å². The number of nitrogens with zero attached hydrogens (tertiary/aromatic N) is 3. The summed E-state index contributed by atoms with van der Waals surface area (Å²) in [5.74, 6) is 0.615. The number of rotatable bonds is 8. The molecule has 0 spiro atoms. The number of benzene rings is 8. The van der Waals surface area contributed by atoms with Gasteiger partial charge in [0.05, 0.1) is 33.8 Å². The second kappa shape index (κ2) is 15.6. The number of allylic oxidation sites excluding steroid dienone is 1. The number of hydrogen-bond donors (Lipinski definition) is 2. The monoisotopic (exact) mass is 793 g/mol. The molecule has 8 aromatic carbocycles. The van der Waals surface area contributed by atoms with E-state index in [1.165, 1.54) is 10.8 Å². The molecule has 1 aliphatic rings. The molecule has 5 heteroatoms. The highest BCUT2D eigenvalue weighted by Crippen LogP contribution is 2.38. The minimum atomic E-state index is 0.413. The Morgan fingerprint density at radius 3 is 1.71 bits per heavy atom. The first kappa shape index (κ1) is 36.7. The Hall–Kier alpha value is -8.41. The first-order chi connectivity index (χ1) is 30.7. The van der Waals surface area contributed by atoms with Crippen molar-refractivity contribution in [2.75, 3.05) is 0 Å². The summed E-state index contributed by atoms with van der Waals surface area (Å²) in [6.45, 7) is 0. The van der Waals surface area contributed by atoms with E-state index in [2.05, 4.69) is 168 Å². The fourth-order valence-corrected chi connectivity index (χ4v) is 8.65. The zero-order valence-corrected chi connectivity index (χ0v) is 33.7. The Kier molecular flexibility index (Phi) is 9.25. The number of fused-ring (bicyclic) bond motifs is 4. The fraction of sp³-hybridized carbons (Fsp3) is 0. The molecule has 3 heterocycles. The van der Waals surface area contributed by atoms with Crippen LogP contribution < -0.4 is 5.32 Å². The molecule has 10 aromatic rings. The first-order valence-corrected chi connectivity index (χ1v) is 20.8. The minimum Gasteiger partial charge on any atom is -0.354 e. The lowest BCUT2D eigenvalue weighted by Crippen LogP contribution is -2.20. The van der Waals surface area contributed by atoms with Crippen molar-refractivity contribution in [2.24, 2.45) is 0 Å². The van der Waals surface area contributed by atoms with Crippen molar-refractivity contribution in [3.8, 4) is 39.6 Å². The maximum atomic E-state index is 9.87. The Bertz CT molecular complexity index is 3310. The Morgan fingerprint density at radius 1 is 0.452 bits per heavy atom. The van der Waals surface area contributed by atoms with E-state index >= 15 is 0 Å². The van der Waals surface area contributed by atoms with E-state index in [1.54, 1.807) is 0 Å². The molecule has 0 aliphatic carbocycles. The highest BCUT2D eigenvalue weighted by Gasteiger charge is 2.24. The van der Waals surface area contributed by atoms with Gasteiger partial charge in [0.15, 0.2) is 5.82 Å². The van der Waals surface area contributed by atoms with Crippen LogP contribution in [0.1, 0.15) is 27.8 Å². The minimum absolute atomic E-state index is 0.413. The van der Waals surface area contributed by atoms with Crippen LogP contribution in [0.2, 0.25) is 0 Å². The van der Waals surface area contributed by atoms with Crippen molar-refractivity contribution < 1.29 is 0 Å². The quantitative estimate of drug-likeness (QED) is 0.151. The predicted molar refractivity (Wildman–Crippen MR) is 257 cm³/mol. The second-order valence-corrected chi connectivity index (χ2v) is 15.5. The van der Waals surface area contributed by atoms with Gasteiger partial charge in [0.1, 0.15) is 0 Å². The molecule has 62 heavy (non-hydrogen) atoms. The van der Waals surface area contributed by atoms with E-state index in [0.717, 1.165) is 89.6 Å². The van der Waals surface area contributed by atoms with Gasteiger partial charge >= 0.3 is 0 Å².